The van der Waals surface area contributed by atoms with Gasteiger partial charge in [-0.1, -0.05) is 22.0 Å². The zero-order chi connectivity index (χ0) is 10.3. The maximum absolute atomic E-state index is 13.4. The van der Waals surface area contributed by atoms with Gasteiger partial charge in [-0.05, 0) is 12.1 Å². The zero-order valence-electron chi connectivity index (χ0n) is 7.42. The Morgan fingerprint density at radius 3 is 2.79 bits per heavy atom. The molecule has 0 bridgehead atoms. The zero-order valence-corrected chi connectivity index (χ0v) is 9.01. The van der Waals surface area contributed by atoms with Gasteiger partial charge in [0.1, 0.15) is 5.82 Å². The van der Waals surface area contributed by atoms with Gasteiger partial charge >= 0.3 is 0 Å². The number of aryl methyl sites for hydroxylation is 1. The molecule has 0 fully saturated rings. The lowest BCUT2D eigenvalue weighted by molar-refractivity contribution is 0.619. The number of hydrogen-bond acceptors (Lipinski definition) is 1. The summed E-state index contributed by atoms with van der Waals surface area (Å²) in [5.41, 5.74) is -0.192. The predicted octanol–water partition coefficient (Wildman–Crippen LogP) is 2.44. The van der Waals surface area contributed by atoms with Crippen LogP contribution in [0.4, 0.5) is 4.39 Å². The SMILES string of the molecule is Cn1cc(F)c2ccc(Br)cc2c1=O. The van der Waals surface area contributed by atoms with Crippen LogP contribution in [0, 0.1) is 5.82 Å². The van der Waals surface area contributed by atoms with Gasteiger partial charge in [0.05, 0.1) is 5.39 Å². The molecular weight excluding hydrogens is 249 g/mol. The topological polar surface area (TPSA) is 22.0 Å². The number of fused-ring (bicyclic) bond motifs is 1. The highest BCUT2D eigenvalue weighted by Crippen LogP contribution is 2.18. The van der Waals surface area contributed by atoms with Crippen LogP contribution in [0.25, 0.3) is 10.8 Å². The Balaban J connectivity index is 3.03. The van der Waals surface area contributed by atoms with Crippen molar-refractivity contribution >= 4 is 26.7 Å². The van der Waals surface area contributed by atoms with Gasteiger partial charge in [-0.3, -0.25) is 4.79 Å². The first-order chi connectivity index (χ1) is 6.59. The number of rotatable bonds is 0. The third-order valence-corrected chi connectivity index (χ3v) is 2.59. The van der Waals surface area contributed by atoms with Gasteiger partial charge in [-0.15, -0.1) is 0 Å². The lowest BCUT2D eigenvalue weighted by atomic mass is 10.2. The molecule has 0 unspecified atom stereocenters. The average molecular weight is 256 g/mol. The number of pyridine rings is 1. The van der Waals surface area contributed by atoms with Crippen molar-refractivity contribution in [3.05, 3.63) is 45.0 Å². The summed E-state index contributed by atoms with van der Waals surface area (Å²) in [6.07, 6.45) is 1.19. The first-order valence-electron chi connectivity index (χ1n) is 4.04. The van der Waals surface area contributed by atoms with Crippen molar-refractivity contribution in [1.82, 2.24) is 4.57 Å². The molecule has 0 radical (unpaired) electrons. The third kappa shape index (κ3) is 1.35. The summed E-state index contributed by atoms with van der Waals surface area (Å²) in [5, 5.41) is 0.748. The Labute approximate surface area is 88.1 Å². The van der Waals surface area contributed by atoms with Crippen LogP contribution < -0.4 is 5.56 Å². The van der Waals surface area contributed by atoms with Crippen molar-refractivity contribution in [2.75, 3.05) is 0 Å². The molecule has 1 aromatic carbocycles. The van der Waals surface area contributed by atoms with Crippen LogP contribution in [0.5, 0.6) is 0 Å². The van der Waals surface area contributed by atoms with Crippen molar-refractivity contribution in [2.24, 2.45) is 7.05 Å². The Bertz CT molecular complexity index is 562. The second-order valence-corrected chi connectivity index (χ2v) is 4.00. The normalized spacial score (nSPS) is 10.8. The minimum Gasteiger partial charge on any atom is -0.315 e. The van der Waals surface area contributed by atoms with E-state index < -0.39 is 0 Å². The molecule has 0 N–H and O–H groups in total. The highest BCUT2D eigenvalue weighted by atomic mass is 79.9. The van der Waals surface area contributed by atoms with Crippen molar-refractivity contribution in [3.63, 3.8) is 0 Å². The smallest absolute Gasteiger partial charge is 0.258 e. The first-order valence-corrected chi connectivity index (χ1v) is 4.83. The van der Waals surface area contributed by atoms with Crippen LogP contribution in [0.2, 0.25) is 0 Å². The third-order valence-electron chi connectivity index (χ3n) is 2.10. The van der Waals surface area contributed by atoms with Crippen LogP contribution in [0.1, 0.15) is 0 Å². The first kappa shape index (κ1) is 9.40. The van der Waals surface area contributed by atoms with E-state index in [9.17, 15) is 9.18 Å². The number of benzene rings is 1. The summed E-state index contributed by atoms with van der Waals surface area (Å²) < 4.78 is 15.4. The van der Waals surface area contributed by atoms with Crippen LogP contribution in [-0.2, 0) is 7.05 Å². The molecule has 1 aromatic heterocycles. The van der Waals surface area contributed by atoms with Crippen LogP contribution in [0.3, 0.4) is 0 Å². The van der Waals surface area contributed by atoms with Crippen molar-refractivity contribution in [3.8, 4) is 0 Å². The van der Waals surface area contributed by atoms with E-state index in [1.807, 2.05) is 0 Å². The lowest BCUT2D eigenvalue weighted by Gasteiger charge is -2.02. The second-order valence-electron chi connectivity index (χ2n) is 3.08. The van der Waals surface area contributed by atoms with E-state index in [1.54, 1.807) is 18.2 Å². The molecule has 0 aliphatic carbocycles. The Morgan fingerprint density at radius 2 is 2.07 bits per heavy atom. The van der Waals surface area contributed by atoms with Gasteiger partial charge in [0.25, 0.3) is 5.56 Å². The number of aromatic nitrogens is 1. The Hall–Kier alpha value is -1.16. The minimum atomic E-state index is -0.380. The maximum Gasteiger partial charge on any atom is 0.258 e. The van der Waals surface area contributed by atoms with Crippen molar-refractivity contribution in [2.45, 2.75) is 0 Å². The van der Waals surface area contributed by atoms with Crippen molar-refractivity contribution in [1.29, 1.82) is 0 Å². The molecule has 2 aromatic rings. The molecular formula is C10H7BrFNO. The summed E-state index contributed by atoms with van der Waals surface area (Å²) in [4.78, 5) is 11.6. The molecule has 0 amide bonds. The molecule has 0 saturated carbocycles. The van der Waals surface area contributed by atoms with E-state index in [1.165, 1.54) is 17.8 Å². The number of halogens is 2. The standard InChI is InChI=1S/C10H7BrFNO/c1-13-5-9(12)7-3-2-6(11)4-8(7)10(13)14/h2-5H,1H3. The monoisotopic (exact) mass is 255 g/mol. The minimum absolute atomic E-state index is 0.192. The van der Waals surface area contributed by atoms with E-state index in [-0.39, 0.29) is 11.4 Å². The summed E-state index contributed by atoms with van der Waals surface area (Å²) in [6.45, 7) is 0. The highest BCUT2D eigenvalue weighted by molar-refractivity contribution is 9.10. The predicted molar refractivity (Wildman–Crippen MR) is 56.8 cm³/mol. The Kier molecular flexibility index (Phi) is 2.15. The van der Waals surface area contributed by atoms with Gasteiger partial charge in [-0.2, -0.15) is 0 Å². The highest BCUT2D eigenvalue weighted by Gasteiger charge is 2.06. The molecule has 0 aliphatic heterocycles. The molecule has 1 heterocycles. The van der Waals surface area contributed by atoms with Gasteiger partial charge < -0.3 is 4.57 Å². The second kappa shape index (κ2) is 3.20. The van der Waals surface area contributed by atoms with Gasteiger partial charge in [-0.25, -0.2) is 4.39 Å². The number of hydrogen-bond donors (Lipinski definition) is 0. The van der Waals surface area contributed by atoms with E-state index in [0.29, 0.717) is 10.8 Å². The van der Waals surface area contributed by atoms with Crippen LogP contribution >= 0.6 is 15.9 Å². The fraction of sp³-hybridized carbons (Fsp3) is 0.100. The fourth-order valence-corrected chi connectivity index (χ4v) is 1.75. The quantitative estimate of drug-likeness (QED) is 0.709. The largest absolute Gasteiger partial charge is 0.315 e. The fourth-order valence-electron chi connectivity index (χ4n) is 1.39. The van der Waals surface area contributed by atoms with E-state index in [2.05, 4.69) is 15.9 Å². The molecule has 0 atom stereocenters. The summed E-state index contributed by atoms with van der Waals surface area (Å²) in [5.74, 6) is -0.380. The van der Waals surface area contributed by atoms with Crippen LogP contribution in [0.15, 0.2) is 33.7 Å². The Morgan fingerprint density at radius 1 is 1.36 bits per heavy atom. The summed E-state index contributed by atoms with van der Waals surface area (Å²) >= 11 is 3.25. The van der Waals surface area contributed by atoms with E-state index in [0.717, 1.165) is 4.47 Å². The molecule has 0 saturated heterocycles. The van der Waals surface area contributed by atoms with E-state index in [4.69, 9.17) is 0 Å². The lowest BCUT2D eigenvalue weighted by Crippen LogP contribution is -2.16. The average Bonchev–Trinajstić information content (AvgIpc) is 2.14. The maximum atomic E-state index is 13.4. The molecule has 0 spiro atoms. The van der Waals surface area contributed by atoms with Gasteiger partial charge in [0.2, 0.25) is 0 Å². The molecule has 0 aliphatic rings. The van der Waals surface area contributed by atoms with Crippen LogP contribution in [-0.4, -0.2) is 4.57 Å². The molecule has 2 rings (SSSR count). The number of nitrogens with zero attached hydrogens (tertiary/aromatic N) is 1. The summed E-state index contributed by atoms with van der Waals surface area (Å²) in [7, 11) is 1.53. The molecule has 2 nitrogen and oxygen atoms in total. The van der Waals surface area contributed by atoms with E-state index >= 15 is 0 Å². The van der Waals surface area contributed by atoms with Crippen molar-refractivity contribution < 1.29 is 4.39 Å². The van der Waals surface area contributed by atoms with Gasteiger partial charge in [0, 0.05) is 23.1 Å². The van der Waals surface area contributed by atoms with Gasteiger partial charge in [0.15, 0.2) is 0 Å². The molecule has 14 heavy (non-hydrogen) atoms. The summed E-state index contributed by atoms with van der Waals surface area (Å²) in [6, 6.07) is 4.93. The molecule has 4 heteroatoms. The molecule has 72 valence electrons.